The van der Waals surface area contributed by atoms with Crippen molar-refractivity contribution in [2.24, 2.45) is 0 Å². The number of halogens is 2. The van der Waals surface area contributed by atoms with E-state index < -0.39 is 24.0 Å². The van der Waals surface area contributed by atoms with Gasteiger partial charge in [-0.2, -0.15) is 0 Å². The maximum absolute atomic E-state index is 13.1. The monoisotopic (exact) mass is 640 g/mol. The molecule has 234 valence electrons. The first-order chi connectivity index (χ1) is 20.9. The third-order valence-electron chi connectivity index (χ3n) is 6.93. The third kappa shape index (κ3) is 9.79. The van der Waals surface area contributed by atoms with Crippen molar-refractivity contribution >= 4 is 46.9 Å². The number of nitrogens with zero attached hydrogens (tertiary/aromatic N) is 2. The summed E-state index contributed by atoms with van der Waals surface area (Å²) < 4.78 is 11.6. The van der Waals surface area contributed by atoms with Gasteiger partial charge < -0.3 is 34.5 Å². The SMILES string of the molecule is CC(C)(C)OC(=O)N1CCC(Oc2ccc(CNc3ccc(Cl)cc3CN(CC(=O)[O-])C(=O)c3ccc(Cl)cc3)cc2)CC1. The molecule has 11 heteroatoms. The molecule has 0 radical (unpaired) electrons. The van der Waals surface area contributed by atoms with Gasteiger partial charge in [0.25, 0.3) is 5.91 Å². The van der Waals surface area contributed by atoms with Crippen LogP contribution in [-0.2, 0) is 22.6 Å². The summed E-state index contributed by atoms with van der Waals surface area (Å²) >= 11 is 12.2. The zero-order chi connectivity index (χ0) is 31.9. The second kappa shape index (κ2) is 14.7. The largest absolute Gasteiger partial charge is 0.548 e. The first kappa shape index (κ1) is 33.0. The lowest BCUT2D eigenvalue weighted by molar-refractivity contribution is -0.305. The minimum Gasteiger partial charge on any atom is -0.548 e. The summed E-state index contributed by atoms with van der Waals surface area (Å²) in [6.07, 6.45) is 1.15. The normalized spacial score (nSPS) is 13.7. The number of likely N-dealkylation sites (tertiary alicyclic amines) is 1. The summed E-state index contributed by atoms with van der Waals surface area (Å²) in [4.78, 5) is 39.9. The van der Waals surface area contributed by atoms with Gasteiger partial charge >= 0.3 is 6.09 Å². The molecule has 1 fully saturated rings. The zero-order valence-corrected chi connectivity index (χ0v) is 26.5. The van der Waals surface area contributed by atoms with Crippen LogP contribution in [0.2, 0.25) is 10.0 Å². The van der Waals surface area contributed by atoms with Gasteiger partial charge in [-0.05, 0) is 86.5 Å². The summed E-state index contributed by atoms with van der Waals surface area (Å²) in [6.45, 7) is 6.60. The number of ether oxygens (including phenoxy) is 2. The molecule has 1 aliphatic rings. The highest BCUT2D eigenvalue weighted by molar-refractivity contribution is 6.31. The Morgan fingerprint density at radius 2 is 1.59 bits per heavy atom. The molecule has 44 heavy (non-hydrogen) atoms. The topological polar surface area (TPSA) is 111 Å². The van der Waals surface area contributed by atoms with Gasteiger partial charge in [-0.15, -0.1) is 0 Å². The van der Waals surface area contributed by atoms with Crippen LogP contribution in [-0.4, -0.2) is 59.1 Å². The van der Waals surface area contributed by atoms with Crippen LogP contribution < -0.4 is 15.2 Å². The second-order valence-corrected chi connectivity index (χ2v) is 12.5. The Hall–Kier alpha value is -3.95. The van der Waals surface area contributed by atoms with Crippen LogP contribution in [0.5, 0.6) is 5.75 Å². The lowest BCUT2D eigenvalue weighted by Crippen LogP contribution is -2.44. The van der Waals surface area contributed by atoms with Gasteiger partial charge in [0.05, 0.1) is 12.5 Å². The van der Waals surface area contributed by atoms with Crippen molar-refractivity contribution in [2.75, 3.05) is 25.0 Å². The molecule has 1 heterocycles. The number of carboxylic acid groups (broad SMARTS) is 1. The minimum absolute atomic E-state index is 0.00213. The standard InChI is InChI=1S/C33H37Cl2N3O6/c1-33(2,3)44-32(42)37-16-14-28(15-17-37)43-27-11-4-22(5-12-27)19-36-29-13-10-26(35)18-24(29)20-38(21-30(39)40)31(41)23-6-8-25(34)9-7-23/h4-13,18,28,36H,14-17,19-21H2,1-3H3,(H,39,40)/p-1. The third-order valence-corrected chi connectivity index (χ3v) is 7.42. The molecule has 9 nitrogen and oxygen atoms in total. The number of carbonyl (C=O) groups is 3. The van der Waals surface area contributed by atoms with Gasteiger partial charge in [0.1, 0.15) is 17.5 Å². The smallest absolute Gasteiger partial charge is 0.410 e. The molecule has 0 unspecified atom stereocenters. The molecular weight excluding hydrogens is 605 g/mol. The van der Waals surface area contributed by atoms with Gasteiger partial charge in [-0.3, -0.25) is 4.79 Å². The molecule has 2 amide bonds. The molecule has 0 aromatic heterocycles. The number of anilines is 1. The number of piperidine rings is 1. The van der Waals surface area contributed by atoms with E-state index in [4.69, 9.17) is 32.7 Å². The van der Waals surface area contributed by atoms with Crippen LogP contribution in [0.4, 0.5) is 10.5 Å². The molecule has 3 aromatic carbocycles. The van der Waals surface area contributed by atoms with Gasteiger partial charge in [-0.1, -0.05) is 35.3 Å². The van der Waals surface area contributed by atoms with E-state index in [0.717, 1.165) is 24.2 Å². The van der Waals surface area contributed by atoms with E-state index in [1.54, 1.807) is 47.4 Å². The van der Waals surface area contributed by atoms with Crippen molar-refractivity contribution in [1.29, 1.82) is 0 Å². The lowest BCUT2D eigenvalue weighted by Gasteiger charge is -2.33. The number of hydrogen-bond acceptors (Lipinski definition) is 7. The molecule has 1 aliphatic heterocycles. The van der Waals surface area contributed by atoms with Crippen molar-refractivity contribution in [2.45, 2.75) is 58.4 Å². The average Bonchev–Trinajstić information content (AvgIpc) is 2.96. The van der Waals surface area contributed by atoms with E-state index in [-0.39, 0.29) is 18.7 Å². The van der Waals surface area contributed by atoms with Gasteiger partial charge in [0.15, 0.2) is 0 Å². The van der Waals surface area contributed by atoms with E-state index in [1.807, 2.05) is 45.0 Å². The highest BCUT2D eigenvalue weighted by Crippen LogP contribution is 2.25. The molecule has 0 saturated carbocycles. The summed E-state index contributed by atoms with van der Waals surface area (Å²) in [5, 5.41) is 15.8. The Labute approximate surface area is 267 Å². The van der Waals surface area contributed by atoms with Crippen LogP contribution in [0.1, 0.15) is 55.1 Å². The Balaban J connectivity index is 1.35. The Bertz CT molecular complexity index is 1450. The van der Waals surface area contributed by atoms with Crippen LogP contribution >= 0.6 is 23.2 Å². The molecular formula is C33H36Cl2N3O6-. The predicted molar refractivity (Wildman–Crippen MR) is 168 cm³/mol. The first-order valence-corrected chi connectivity index (χ1v) is 15.1. The molecule has 1 N–H and O–H groups in total. The molecule has 1 saturated heterocycles. The number of carbonyl (C=O) groups excluding carboxylic acids is 3. The summed E-state index contributed by atoms with van der Waals surface area (Å²) in [7, 11) is 0. The van der Waals surface area contributed by atoms with Crippen LogP contribution in [0, 0.1) is 0 Å². The summed E-state index contributed by atoms with van der Waals surface area (Å²) in [6, 6.07) is 19.2. The lowest BCUT2D eigenvalue weighted by atomic mass is 10.1. The van der Waals surface area contributed by atoms with Crippen LogP contribution in [0.25, 0.3) is 0 Å². The van der Waals surface area contributed by atoms with Gasteiger partial charge in [-0.25, -0.2) is 4.79 Å². The number of benzene rings is 3. The van der Waals surface area contributed by atoms with Crippen LogP contribution in [0.3, 0.4) is 0 Å². The summed E-state index contributed by atoms with van der Waals surface area (Å²) in [5.41, 5.74) is 2.13. The number of rotatable bonds is 10. The molecule has 3 aromatic rings. The highest BCUT2D eigenvalue weighted by Gasteiger charge is 2.27. The van der Waals surface area contributed by atoms with Gasteiger partial charge in [0, 0.05) is 60.3 Å². The van der Waals surface area contributed by atoms with Crippen LogP contribution in [0.15, 0.2) is 66.7 Å². The Morgan fingerprint density at radius 3 is 2.20 bits per heavy atom. The maximum atomic E-state index is 13.1. The molecule has 0 atom stereocenters. The second-order valence-electron chi connectivity index (χ2n) is 11.6. The number of hydrogen-bond donors (Lipinski definition) is 1. The summed E-state index contributed by atoms with van der Waals surface area (Å²) in [5.74, 6) is -1.10. The van der Waals surface area contributed by atoms with Crippen molar-refractivity contribution in [1.82, 2.24) is 9.80 Å². The fourth-order valence-electron chi connectivity index (χ4n) is 4.76. The molecule has 0 aliphatic carbocycles. The molecule has 4 rings (SSSR count). The Morgan fingerprint density at radius 1 is 0.955 bits per heavy atom. The maximum Gasteiger partial charge on any atom is 0.410 e. The van der Waals surface area contributed by atoms with Crippen molar-refractivity contribution < 1.29 is 29.0 Å². The Kier molecular flexibility index (Phi) is 11.0. The van der Waals surface area contributed by atoms with E-state index in [0.29, 0.717) is 46.5 Å². The molecule has 0 bridgehead atoms. The van der Waals surface area contributed by atoms with E-state index in [1.165, 1.54) is 4.90 Å². The average molecular weight is 642 g/mol. The van der Waals surface area contributed by atoms with E-state index in [2.05, 4.69) is 5.32 Å². The fourth-order valence-corrected chi connectivity index (χ4v) is 5.08. The highest BCUT2D eigenvalue weighted by atomic mass is 35.5. The van der Waals surface area contributed by atoms with Crippen molar-refractivity contribution in [3.63, 3.8) is 0 Å². The van der Waals surface area contributed by atoms with E-state index in [9.17, 15) is 19.5 Å². The van der Waals surface area contributed by atoms with E-state index >= 15 is 0 Å². The quantitative estimate of drug-likeness (QED) is 0.299. The van der Waals surface area contributed by atoms with Crippen molar-refractivity contribution in [3.05, 3.63) is 93.5 Å². The number of amides is 2. The zero-order valence-electron chi connectivity index (χ0n) is 25.0. The van der Waals surface area contributed by atoms with Crippen molar-refractivity contribution in [3.8, 4) is 5.75 Å². The number of carboxylic acids is 1. The predicted octanol–water partition coefficient (Wildman–Crippen LogP) is 5.78. The minimum atomic E-state index is -1.38. The number of aliphatic carboxylic acids is 1. The first-order valence-electron chi connectivity index (χ1n) is 14.4. The number of nitrogens with one attached hydrogen (secondary N) is 1. The molecule has 0 spiro atoms. The fraction of sp³-hybridized carbons (Fsp3) is 0.364. The van der Waals surface area contributed by atoms with Gasteiger partial charge in [0.2, 0.25) is 0 Å².